The van der Waals surface area contributed by atoms with Gasteiger partial charge in [-0.1, -0.05) is 13.8 Å². The molecule has 0 radical (unpaired) electrons. The van der Waals surface area contributed by atoms with Crippen LogP contribution in [0.5, 0.6) is 0 Å². The topological polar surface area (TPSA) is 70.2 Å². The van der Waals surface area contributed by atoms with Crippen molar-refractivity contribution in [2.45, 2.75) is 33.1 Å². The minimum atomic E-state index is -0.166. The molecule has 1 fully saturated rings. The first kappa shape index (κ1) is 18.2. The molecule has 6 heteroatoms. The molecule has 1 saturated heterocycles. The van der Waals surface area contributed by atoms with E-state index in [1.54, 1.807) is 12.3 Å². The van der Waals surface area contributed by atoms with E-state index in [2.05, 4.69) is 51.5 Å². The molecule has 3 rings (SSSR count). The van der Waals surface area contributed by atoms with Crippen molar-refractivity contribution in [1.82, 2.24) is 15.3 Å². The molecule has 6 nitrogen and oxygen atoms in total. The van der Waals surface area contributed by atoms with E-state index in [1.807, 2.05) is 12.1 Å². The highest BCUT2D eigenvalue weighted by molar-refractivity contribution is 5.92. The number of nitrogens with one attached hydrogen (secondary N) is 2. The molecule has 0 atom stereocenters. The molecule has 0 bridgehead atoms. The largest absolute Gasteiger partial charge is 0.372 e. The first-order valence-corrected chi connectivity index (χ1v) is 9.35. The maximum absolute atomic E-state index is 12.2. The monoisotopic (exact) mass is 353 g/mol. The van der Waals surface area contributed by atoms with E-state index in [4.69, 9.17) is 0 Å². The molecular weight excluding hydrogens is 326 g/mol. The lowest BCUT2D eigenvalue weighted by Gasteiger charge is -2.17. The standard InChI is InChI=1S/C20H27N5O/c1-15(2)9-11-21-19(26)18-10-12-22-20(24-18)23-16-5-7-17(8-6-16)25-13-3-4-14-25/h5-8,10,12,15H,3-4,9,11,13-14H2,1-2H3,(H,21,26)(H,22,23,24). The minimum absolute atomic E-state index is 0.166. The van der Waals surface area contributed by atoms with Crippen LogP contribution in [0.2, 0.25) is 0 Å². The number of carbonyl (C=O) groups excluding carboxylic acids is 1. The van der Waals surface area contributed by atoms with E-state index in [0.29, 0.717) is 24.1 Å². The quantitative estimate of drug-likeness (QED) is 0.796. The summed E-state index contributed by atoms with van der Waals surface area (Å²) in [4.78, 5) is 23.1. The van der Waals surface area contributed by atoms with Gasteiger partial charge in [-0.3, -0.25) is 4.79 Å². The number of hydrogen-bond acceptors (Lipinski definition) is 5. The second-order valence-electron chi connectivity index (χ2n) is 7.07. The first-order valence-electron chi connectivity index (χ1n) is 9.35. The van der Waals surface area contributed by atoms with Gasteiger partial charge in [-0.2, -0.15) is 0 Å². The Morgan fingerprint density at radius 3 is 2.58 bits per heavy atom. The molecule has 1 aliphatic rings. The van der Waals surface area contributed by atoms with Crippen molar-refractivity contribution in [3.63, 3.8) is 0 Å². The molecule has 2 N–H and O–H groups in total. The number of anilines is 3. The van der Waals surface area contributed by atoms with Gasteiger partial charge in [0.15, 0.2) is 0 Å². The van der Waals surface area contributed by atoms with Gasteiger partial charge in [0.2, 0.25) is 5.95 Å². The number of hydrogen-bond donors (Lipinski definition) is 2. The summed E-state index contributed by atoms with van der Waals surface area (Å²) in [7, 11) is 0. The third-order valence-electron chi connectivity index (χ3n) is 4.49. The van der Waals surface area contributed by atoms with Gasteiger partial charge in [-0.25, -0.2) is 9.97 Å². The molecule has 0 unspecified atom stereocenters. The lowest BCUT2D eigenvalue weighted by molar-refractivity contribution is 0.0947. The van der Waals surface area contributed by atoms with E-state index in [9.17, 15) is 4.79 Å². The molecule has 1 aromatic heterocycles. The summed E-state index contributed by atoms with van der Waals surface area (Å²) in [5.41, 5.74) is 2.53. The molecule has 0 aliphatic carbocycles. The predicted molar refractivity (Wildman–Crippen MR) is 105 cm³/mol. The summed E-state index contributed by atoms with van der Waals surface area (Å²) in [6.45, 7) is 7.18. The van der Waals surface area contributed by atoms with Crippen molar-refractivity contribution in [2.75, 3.05) is 29.9 Å². The maximum Gasteiger partial charge on any atom is 0.270 e. The van der Waals surface area contributed by atoms with Crippen LogP contribution in [0.15, 0.2) is 36.5 Å². The zero-order valence-corrected chi connectivity index (χ0v) is 15.5. The van der Waals surface area contributed by atoms with Gasteiger partial charge in [0, 0.05) is 37.2 Å². The number of rotatable bonds is 7. The molecule has 2 aromatic rings. The first-order chi connectivity index (χ1) is 12.6. The van der Waals surface area contributed by atoms with E-state index >= 15 is 0 Å². The van der Waals surface area contributed by atoms with Gasteiger partial charge >= 0.3 is 0 Å². The van der Waals surface area contributed by atoms with Gasteiger partial charge in [0.05, 0.1) is 0 Å². The van der Waals surface area contributed by atoms with E-state index < -0.39 is 0 Å². The average Bonchev–Trinajstić information content (AvgIpc) is 3.17. The van der Waals surface area contributed by atoms with Crippen molar-refractivity contribution in [3.8, 4) is 0 Å². The molecule has 1 aromatic carbocycles. The molecule has 1 amide bonds. The second-order valence-corrected chi connectivity index (χ2v) is 7.07. The SMILES string of the molecule is CC(C)CCNC(=O)c1ccnc(Nc2ccc(N3CCCC3)cc2)n1. The summed E-state index contributed by atoms with van der Waals surface area (Å²) in [5, 5.41) is 6.07. The van der Waals surface area contributed by atoms with Crippen LogP contribution in [0.25, 0.3) is 0 Å². The smallest absolute Gasteiger partial charge is 0.270 e. The Hall–Kier alpha value is -2.63. The fourth-order valence-electron chi connectivity index (χ4n) is 2.97. The molecular formula is C20H27N5O. The van der Waals surface area contributed by atoms with Crippen LogP contribution in [0, 0.1) is 5.92 Å². The lowest BCUT2D eigenvalue weighted by Crippen LogP contribution is -2.26. The summed E-state index contributed by atoms with van der Waals surface area (Å²) < 4.78 is 0. The van der Waals surface area contributed by atoms with E-state index in [-0.39, 0.29) is 5.91 Å². The van der Waals surface area contributed by atoms with Crippen LogP contribution in [0.3, 0.4) is 0 Å². The molecule has 1 aliphatic heterocycles. The minimum Gasteiger partial charge on any atom is -0.372 e. The van der Waals surface area contributed by atoms with Crippen molar-refractivity contribution in [2.24, 2.45) is 5.92 Å². The van der Waals surface area contributed by atoms with Crippen molar-refractivity contribution in [1.29, 1.82) is 0 Å². The van der Waals surface area contributed by atoms with Crippen LogP contribution in [0.1, 0.15) is 43.6 Å². The number of benzene rings is 1. The van der Waals surface area contributed by atoms with Gasteiger partial charge in [-0.05, 0) is 55.5 Å². The highest BCUT2D eigenvalue weighted by Gasteiger charge is 2.12. The average molecular weight is 353 g/mol. The normalized spacial score (nSPS) is 13.9. The van der Waals surface area contributed by atoms with E-state index in [0.717, 1.165) is 25.2 Å². The van der Waals surface area contributed by atoms with Crippen LogP contribution < -0.4 is 15.5 Å². The van der Waals surface area contributed by atoms with Gasteiger partial charge < -0.3 is 15.5 Å². The zero-order valence-electron chi connectivity index (χ0n) is 15.5. The number of carbonyl (C=O) groups is 1. The summed E-state index contributed by atoms with van der Waals surface area (Å²) in [5.74, 6) is 0.817. The Kier molecular flexibility index (Phi) is 6.04. The summed E-state index contributed by atoms with van der Waals surface area (Å²) in [6.07, 6.45) is 5.08. The number of amides is 1. The molecule has 2 heterocycles. The van der Waals surface area contributed by atoms with Crippen molar-refractivity contribution in [3.05, 3.63) is 42.2 Å². The highest BCUT2D eigenvalue weighted by atomic mass is 16.1. The third-order valence-corrected chi connectivity index (χ3v) is 4.49. The molecule has 0 spiro atoms. The van der Waals surface area contributed by atoms with Gasteiger partial charge in [0.25, 0.3) is 5.91 Å². The van der Waals surface area contributed by atoms with Crippen molar-refractivity contribution >= 4 is 23.2 Å². The summed E-state index contributed by atoms with van der Waals surface area (Å²) >= 11 is 0. The zero-order chi connectivity index (χ0) is 18.4. The Morgan fingerprint density at radius 2 is 1.88 bits per heavy atom. The Bertz CT molecular complexity index is 723. The predicted octanol–water partition coefficient (Wildman–Crippen LogP) is 3.60. The fraction of sp³-hybridized carbons (Fsp3) is 0.450. The summed E-state index contributed by atoms with van der Waals surface area (Å²) in [6, 6.07) is 9.89. The van der Waals surface area contributed by atoms with Gasteiger partial charge in [-0.15, -0.1) is 0 Å². The Morgan fingerprint density at radius 1 is 1.15 bits per heavy atom. The lowest BCUT2D eigenvalue weighted by atomic mass is 10.1. The Labute approximate surface area is 155 Å². The Balaban J connectivity index is 1.60. The van der Waals surface area contributed by atoms with Crippen LogP contribution >= 0.6 is 0 Å². The fourth-order valence-corrected chi connectivity index (χ4v) is 2.97. The molecule has 138 valence electrons. The maximum atomic E-state index is 12.2. The van der Waals surface area contributed by atoms with Crippen LogP contribution in [-0.2, 0) is 0 Å². The van der Waals surface area contributed by atoms with Crippen molar-refractivity contribution < 1.29 is 4.79 Å². The molecule has 0 saturated carbocycles. The number of aromatic nitrogens is 2. The second kappa shape index (κ2) is 8.65. The van der Waals surface area contributed by atoms with Gasteiger partial charge in [0.1, 0.15) is 5.69 Å². The van der Waals surface area contributed by atoms with Crippen LogP contribution in [-0.4, -0.2) is 35.5 Å². The third kappa shape index (κ3) is 4.94. The van der Waals surface area contributed by atoms with Crippen LogP contribution in [0.4, 0.5) is 17.3 Å². The highest BCUT2D eigenvalue weighted by Crippen LogP contribution is 2.23. The molecule has 26 heavy (non-hydrogen) atoms. The number of nitrogens with zero attached hydrogens (tertiary/aromatic N) is 3. The van der Waals surface area contributed by atoms with E-state index in [1.165, 1.54) is 18.5 Å².